The van der Waals surface area contributed by atoms with Crippen LogP contribution < -0.4 is 10.1 Å². The first-order valence-electron chi connectivity index (χ1n) is 7.23. The highest BCUT2D eigenvalue weighted by Crippen LogP contribution is 2.21. The smallest absolute Gasteiger partial charge is 0.261 e. The number of carbonyl (C=O) groups excluding carboxylic acids is 1. The summed E-state index contributed by atoms with van der Waals surface area (Å²) in [5.74, 6) is 0.0867. The van der Waals surface area contributed by atoms with Crippen molar-refractivity contribution >= 4 is 5.91 Å². The van der Waals surface area contributed by atoms with E-state index in [4.69, 9.17) is 4.74 Å². The van der Waals surface area contributed by atoms with Gasteiger partial charge in [0, 0.05) is 12.1 Å². The minimum Gasteiger partial charge on any atom is -0.481 e. The molecule has 0 saturated carbocycles. The summed E-state index contributed by atoms with van der Waals surface area (Å²) in [5.41, 5.74) is 2.57. The van der Waals surface area contributed by atoms with Gasteiger partial charge in [0.05, 0.1) is 0 Å². The third-order valence-electron chi connectivity index (χ3n) is 3.64. The number of nitrogens with one attached hydrogen (secondary N) is 1. The Labute approximate surface area is 130 Å². The number of hydrogen-bond acceptors (Lipinski definition) is 2. The second kappa shape index (κ2) is 7.07. The van der Waals surface area contributed by atoms with Crippen LogP contribution in [0.3, 0.4) is 0 Å². The molecule has 4 heteroatoms. The molecule has 1 N–H and O–H groups in total. The molecule has 0 spiro atoms. The van der Waals surface area contributed by atoms with Crippen LogP contribution in [0.25, 0.3) is 0 Å². The standard InChI is InChI=1S/C18H20FNO2/c1-12-7-6-10-17(13(12)2)22-14(3)18(21)20-11-15-8-4-5-9-16(15)19/h4-10,14H,11H2,1-3H3,(H,20,21). The van der Waals surface area contributed by atoms with E-state index in [2.05, 4.69) is 5.32 Å². The van der Waals surface area contributed by atoms with E-state index in [1.54, 1.807) is 25.1 Å². The first-order valence-corrected chi connectivity index (χ1v) is 7.23. The van der Waals surface area contributed by atoms with Crippen molar-refractivity contribution in [1.29, 1.82) is 0 Å². The Kier molecular flexibility index (Phi) is 5.15. The maximum Gasteiger partial charge on any atom is 0.261 e. The SMILES string of the molecule is Cc1cccc(OC(C)C(=O)NCc2ccccc2F)c1C. The van der Waals surface area contributed by atoms with Gasteiger partial charge in [-0.1, -0.05) is 30.3 Å². The van der Waals surface area contributed by atoms with Crippen LogP contribution in [-0.2, 0) is 11.3 Å². The number of aryl methyl sites for hydroxylation is 1. The van der Waals surface area contributed by atoms with Crippen molar-refractivity contribution in [3.05, 3.63) is 65.0 Å². The fourth-order valence-electron chi connectivity index (χ4n) is 2.06. The fourth-order valence-corrected chi connectivity index (χ4v) is 2.06. The second-order valence-corrected chi connectivity index (χ2v) is 5.27. The first-order chi connectivity index (χ1) is 10.5. The molecule has 0 radical (unpaired) electrons. The van der Waals surface area contributed by atoms with Gasteiger partial charge < -0.3 is 10.1 Å². The van der Waals surface area contributed by atoms with Crippen LogP contribution in [0.5, 0.6) is 5.75 Å². The largest absolute Gasteiger partial charge is 0.481 e. The number of amides is 1. The normalized spacial score (nSPS) is 11.8. The van der Waals surface area contributed by atoms with Gasteiger partial charge in [0.25, 0.3) is 5.91 Å². The topological polar surface area (TPSA) is 38.3 Å². The van der Waals surface area contributed by atoms with Crippen molar-refractivity contribution in [3.63, 3.8) is 0 Å². The average Bonchev–Trinajstić information content (AvgIpc) is 2.50. The maximum absolute atomic E-state index is 13.5. The van der Waals surface area contributed by atoms with E-state index in [1.165, 1.54) is 6.07 Å². The molecule has 2 rings (SSSR count). The van der Waals surface area contributed by atoms with Gasteiger partial charge in [0.15, 0.2) is 6.10 Å². The zero-order valence-corrected chi connectivity index (χ0v) is 13.0. The van der Waals surface area contributed by atoms with Crippen LogP contribution in [0.4, 0.5) is 4.39 Å². The molecule has 2 aromatic rings. The minimum absolute atomic E-state index is 0.145. The van der Waals surface area contributed by atoms with Crippen molar-refractivity contribution in [3.8, 4) is 5.75 Å². The van der Waals surface area contributed by atoms with Crippen molar-refractivity contribution in [2.24, 2.45) is 0 Å². The van der Waals surface area contributed by atoms with Crippen molar-refractivity contribution in [2.45, 2.75) is 33.4 Å². The van der Waals surface area contributed by atoms with Gasteiger partial charge in [-0.3, -0.25) is 4.79 Å². The van der Waals surface area contributed by atoms with Gasteiger partial charge >= 0.3 is 0 Å². The quantitative estimate of drug-likeness (QED) is 0.917. The predicted molar refractivity (Wildman–Crippen MR) is 84.3 cm³/mol. The van der Waals surface area contributed by atoms with E-state index in [9.17, 15) is 9.18 Å². The van der Waals surface area contributed by atoms with Gasteiger partial charge in [-0.05, 0) is 44.0 Å². The summed E-state index contributed by atoms with van der Waals surface area (Å²) in [7, 11) is 0. The van der Waals surface area contributed by atoms with Crippen LogP contribution in [0.2, 0.25) is 0 Å². The molecule has 0 aliphatic heterocycles. The molecule has 3 nitrogen and oxygen atoms in total. The van der Waals surface area contributed by atoms with Crippen LogP contribution >= 0.6 is 0 Å². The van der Waals surface area contributed by atoms with E-state index in [1.807, 2.05) is 32.0 Å². The number of carbonyl (C=O) groups is 1. The third kappa shape index (κ3) is 3.85. The predicted octanol–water partition coefficient (Wildman–Crippen LogP) is 3.53. The zero-order chi connectivity index (χ0) is 16.1. The van der Waals surface area contributed by atoms with E-state index in [0.29, 0.717) is 11.3 Å². The number of ether oxygens (including phenoxy) is 1. The third-order valence-corrected chi connectivity index (χ3v) is 3.64. The Bertz CT molecular complexity index is 670. The first kappa shape index (κ1) is 16.0. The highest BCUT2D eigenvalue weighted by atomic mass is 19.1. The van der Waals surface area contributed by atoms with E-state index >= 15 is 0 Å². The Hall–Kier alpha value is -2.36. The van der Waals surface area contributed by atoms with Crippen molar-refractivity contribution in [2.75, 3.05) is 0 Å². The molecular formula is C18H20FNO2. The summed E-state index contributed by atoms with van der Waals surface area (Å²) in [5, 5.41) is 2.69. The molecule has 0 heterocycles. The lowest BCUT2D eigenvalue weighted by atomic mass is 10.1. The molecule has 0 aromatic heterocycles. The fraction of sp³-hybridized carbons (Fsp3) is 0.278. The van der Waals surface area contributed by atoms with Crippen LogP contribution in [0.1, 0.15) is 23.6 Å². The number of halogens is 1. The molecule has 0 aliphatic carbocycles. The van der Waals surface area contributed by atoms with Crippen LogP contribution in [-0.4, -0.2) is 12.0 Å². The van der Waals surface area contributed by atoms with E-state index in [0.717, 1.165) is 11.1 Å². The molecule has 1 unspecified atom stereocenters. The van der Waals surface area contributed by atoms with E-state index in [-0.39, 0.29) is 18.3 Å². The summed E-state index contributed by atoms with van der Waals surface area (Å²) in [6.45, 7) is 5.77. The average molecular weight is 301 g/mol. The summed E-state index contributed by atoms with van der Waals surface area (Å²) >= 11 is 0. The Balaban J connectivity index is 1.95. The lowest BCUT2D eigenvalue weighted by Crippen LogP contribution is -2.36. The molecule has 2 aromatic carbocycles. The monoisotopic (exact) mass is 301 g/mol. The zero-order valence-electron chi connectivity index (χ0n) is 13.0. The summed E-state index contributed by atoms with van der Waals surface area (Å²) in [4.78, 5) is 12.1. The van der Waals surface area contributed by atoms with Crippen molar-refractivity contribution < 1.29 is 13.9 Å². The Morgan fingerprint density at radius 3 is 2.64 bits per heavy atom. The molecule has 1 amide bonds. The molecule has 1 atom stereocenters. The molecule has 0 saturated heterocycles. The molecule has 22 heavy (non-hydrogen) atoms. The lowest BCUT2D eigenvalue weighted by molar-refractivity contribution is -0.127. The summed E-state index contributed by atoms with van der Waals surface area (Å²) < 4.78 is 19.2. The molecule has 0 aliphatic rings. The molecule has 0 fully saturated rings. The maximum atomic E-state index is 13.5. The Morgan fingerprint density at radius 1 is 1.18 bits per heavy atom. The second-order valence-electron chi connectivity index (χ2n) is 5.27. The van der Waals surface area contributed by atoms with Gasteiger partial charge in [-0.25, -0.2) is 4.39 Å². The number of benzene rings is 2. The van der Waals surface area contributed by atoms with Gasteiger partial charge in [-0.2, -0.15) is 0 Å². The van der Waals surface area contributed by atoms with Crippen LogP contribution in [0.15, 0.2) is 42.5 Å². The summed E-state index contributed by atoms with van der Waals surface area (Å²) in [6, 6.07) is 12.1. The van der Waals surface area contributed by atoms with E-state index < -0.39 is 6.10 Å². The minimum atomic E-state index is -0.646. The molecule has 116 valence electrons. The van der Waals surface area contributed by atoms with Gasteiger partial charge in [-0.15, -0.1) is 0 Å². The number of rotatable bonds is 5. The highest BCUT2D eigenvalue weighted by molar-refractivity contribution is 5.80. The molecular weight excluding hydrogens is 281 g/mol. The van der Waals surface area contributed by atoms with Crippen molar-refractivity contribution in [1.82, 2.24) is 5.32 Å². The van der Waals surface area contributed by atoms with Crippen LogP contribution in [0, 0.1) is 19.7 Å². The highest BCUT2D eigenvalue weighted by Gasteiger charge is 2.16. The Morgan fingerprint density at radius 2 is 1.91 bits per heavy atom. The lowest BCUT2D eigenvalue weighted by Gasteiger charge is -2.17. The molecule has 0 bridgehead atoms. The van der Waals surface area contributed by atoms with Gasteiger partial charge in [0.1, 0.15) is 11.6 Å². The summed E-state index contributed by atoms with van der Waals surface area (Å²) in [6.07, 6.45) is -0.646. The number of hydrogen-bond donors (Lipinski definition) is 1. The van der Waals surface area contributed by atoms with Gasteiger partial charge in [0.2, 0.25) is 0 Å².